The minimum absolute atomic E-state index is 0.355. The Balaban J connectivity index is 1.40. The summed E-state index contributed by atoms with van der Waals surface area (Å²) in [5, 5.41) is 3.42. The van der Waals surface area contributed by atoms with Crippen LogP contribution in [0.1, 0.15) is 25.7 Å². The van der Waals surface area contributed by atoms with Gasteiger partial charge in [-0.1, -0.05) is 0 Å². The first-order valence-electron chi connectivity index (χ1n) is 8.12. The van der Waals surface area contributed by atoms with Crippen LogP contribution in [0.3, 0.4) is 0 Å². The molecule has 0 aromatic heterocycles. The summed E-state index contributed by atoms with van der Waals surface area (Å²) in [7, 11) is 0. The maximum Gasteiger partial charge on any atom is 0.224 e. The molecular formula is C15H27N3O2. The Hall–Kier alpha value is -0.650. The molecule has 114 valence electrons. The first-order chi connectivity index (χ1) is 9.81. The molecule has 0 bridgehead atoms. The van der Waals surface area contributed by atoms with E-state index >= 15 is 0 Å². The second-order valence-electron chi connectivity index (χ2n) is 6.40. The van der Waals surface area contributed by atoms with Crippen molar-refractivity contribution in [2.24, 2.45) is 5.92 Å². The molecule has 0 saturated carbocycles. The topological polar surface area (TPSA) is 44.8 Å². The van der Waals surface area contributed by atoms with Crippen LogP contribution in [0.5, 0.6) is 0 Å². The highest BCUT2D eigenvalue weighted by Crippen LogP contribution is 2.20. The molecule has 3 aliphatic heterocycles. The summed E-state index contributed by atoms with van der Waals surface area (Å²) in [5.74, 6) is 1.02. The predicted molar refractivity (Wildman–Crippen MR) is 77.6 cm³/mol. The number of likely N-dealkylation sites (tertiary alicyclic amines) is 1. The van der Waals surface area contributed by atoms with Crippen molar-refractivity contribution in [1.29, 1.82) is 0 Å². The minimum Gasteiger partial charge on any atom is -0.379 e. The molecule has 3 heterocycles. The summed E-state index contributed by atoms with van der Waals surface area (Å²) in [5.41, 5.74) is 0. The zero-order valence-corrected chi connectivity index (χ0v) is 12.4. The van der Waals surface area contributed by atoms with E-state index in [4.69, 9.17) is 4.74 Å². The van der Waals surface area contributed by atoms with Crippen LogP contribution in [-0.4, -0.2) is 74.2 Å². The number of rotatable bonds is 4. The summed E-state index contributed by atoms with van der Waals surface area (Å²) in [6.07, 6.45) is 4.25. The molecule has 1 N–H and O–H groups in total. The van der Waals surface area contributed by atoms with Crippen molar-refractivity contribution in [3.05, 3.63) is 0 Å². The molecule has 0 aromatic rings. The fraction of sp³-hybridized carbons (Fsp3) is 0.933. The number of hydrogen-bond acceptors (Lipinski definition) is 4. The fourth-order valence-corrected chi connectivity index (χ4v) is 3.63. The number of hydrogen-bond donors (Lipinski definition) is 1. The molecule has 0 spiro atoms. The van der Waals surface area contributed by atoms with Crippen molar-refractivity contribution in [2.75, 3.05) is 52.5 Å². The summed E-state index contributed by atoms with van der Waals surface area (Å²) in [6, 6.07) is 0.431. The van der Waals surface area contributed by atoms with Crippen LogP contribution in [0, 0.1) is 5.92 Å². The van der Waals surface area contributed by atoms with Crippen LogP contribution in [0.15, 0.2) is 0 Å². The van der Waals surface area contributed by atoms with Crippen molar-refractivity contribution in [1.82, 2.24) is 15.1 Å². The zero-order chi connectivity index (χ0) is 13.8. The summed E-state index contributed by atoms with van der Waals surface area (Å²) in [4.78, 5) is 16.9. The standard InChI is InChI=1S/C15H27N3O2/c19-15(10-14-2-1-4-16-14)18-5-3-13(12-18)11-17-6-8-20-9-7-17/h13-14,16H,1-12H2. The number of carbonyl (C=O) groups is 1. The summed E-state index contributed by atoms with van der Waals surface area (Å²) in [6.45, 7) is 7.97. The van der Waals surface area contributed by atoms with E-state index in [0.717, 1.165) is 58.9 Å². The molecule has 5 heteroatoms. The lowest BCUT2D eigenvalue weighted by molar-refractivity contribution is -0.130. The summed E-state index contributed by atoms with van der Waals surface area (Å²) < 4.78 is 5.38. The first kappa shape index (κ1) is 14.3. The average Bonchev–Trinajstić information content (AvgIpc) is 3.11. The Kier molecular flexibility index (Phi) is 4.91. The van der Waals surface area contributed by atoms with Crippen LogP contribution < -0.4 is 5.32 Å². The Morgan fingerprint density at radius 3 is 2.80 bits per heavy atom. The molecule has 5 nitrogen and oxygen atoms in total. The number of nitrogens with one attached hydrogen (secondary N) is 1. The van der Waals surface area contributed by atoms with Crippen molar-refractivity contribution >= 4 is 5.91 Å². The normalized spacial score (nSPS) is 31.9. The lowest BCUT2D eigenvalue weighted by atomic mass is 10.1. The third-order valence-electron chi connectivity index (χ3n) is 4.84. The number of morpholine rings is 1. The number of ether oxygens (including phenoxy) is 1. The predicted octanol–water partition coefficient (Wildman–Crippen LogP) is 0.309. The first-order valence-corrected chi connectivity index (χ1v) is 8.12. The lowest BCUT2D eigenvalue weighted by Gasteiger charge is -2.29. The van der Waals surface area contributed by atoms with Gasteiger partial charge in [0.1, 0.15) is 0 Å². The van der Waals surface area contributed by atoms with Crippen LogP contribution in [0.25, 0.3) is 0 Å². The minimum atomic E-state index is 0.355. The van der Waals surface area contributed by atoms with Crippen molar-refractivity contribution in [3.8, 4) is 0 Å². The third-order valence-corrected chi connectivity index (χ3v) is 4.84. The molecule has 3 saturated heterocycles. The van der Waals surface area contributed by atoms with E-state index in [9.17, 15) is 4.79 Å². The fourth-order valence-electron chi connectivity index (χ4n) is 3.63. The van der Waals surface area contributed by atoms with Gasteiger partial charge < -0.3 is 15.0 Å². The molecule has 0 aromatic carbocycles. The van der Waals surface area contributed by atoms with E-state index < -0.39 is 0 Å². The van der Waals surface area contributed by atoms with Crippen LogP contribution in [-0.2, 0) is 9.53 Å². The zero-order valence-electron chi connectivity index (χ0n) is 12.4. The Bertz CT molecular complexity index is 325. The third kappa shape index (κ3) is 3.71. The van der Waals surface area contributed by atoms with E-state index in [-0.39, 0.29) is 0 Å². The quantitative estimate of drug-likeness (QED) is 0.805. The highest BCUT2D eigenvalue weighted by molar-refractivity contribution is 5.77. The van der Waals surface area contributed by atoms with E-state index in [1.807, 2.05) is 0 Å². The van der Waals surface area contributed by atoms with Crippen LogP contribution in [0.4, 0.5) is 0 Å². The molecular weight excluding hydrogens is 254 g/mol. The summed E-state index contributed by atoms with van der Waals surface area (Å²) >= 11 is 0. The van der Waals surface area contributed by atoms with Crippen molar-refractivity contribution in [2.45, 2.75) is 31.7 Å². The van der Waals surface area contributed by atoms with Crippen molar-refractivity contribution in [3.63, 3.8) is 0 Å². The van der Waals surface area contributed by atoms with E-state index in [2.05, 4.69) is 15.1 Å². The second-order valence-corrected chi connectivity index (χ2v) is 6.40. The Labute approximate surface area is 121 Å². The number of nitrogens with zero attached hydrogens (tertiary/aromatic N) is 2. The van der Waals surface area contributed by atoms with E-state index in [1.54, 1.807) is 0 Å². The monoisotopic (exact) mass is 281 g/mol. The van der Waals surface area contributed by atoms with E-state index in [1.165, 1.54) is 12.8 Å². The largest absolute Gasteiger partial charge is 0.379 e. The Morgan fingerprint density at radius 1 is 1.20 bits per heavy atom. The van der Waals surface area contributed by atoms with Gasteiger partial charge in [-0.2, -0.15) is 0 Å². The number of amides is 1. The van der Waals surface area contributed by atoms with Crippen molar-refractivity contribution < 1.29 is 9.53 Å². The molecule has 3 rings (SSSR count). The molecule has 3 fully saturated rings. The molecule has 2 atom stereocenters. The molecule has 20 heavy (non-hydrogen) atoms. The Morgan fingerprint density at radius 2 is 2.05 bits per heavy atom. The number of carbonyl (C=O) groups excluding carboxylic acids is 1. The lowest BCUT2D eigenvalue weighted by Crippen LogP contribution is -2.40. The second kappa shape index (κ2) is 6.87. The van der Waals surface area contributed by atoms with Gasteiger partial charge in [0, 0.05) is 45.2 Å². The van der Waals surface area contributed by atoms with Crippen LogP contribution in [0.2, 0.25) is 0 Å². The van der Waals surface area contributed by atoms with Gasteiger partial charge in [-0.15, -0.1) is 0 Å². The van der Waals surface area contributed by atoms with Crippen LogP contribution >= 0.6 is 0 Å². The van der Waals surface area contributed by atoms with Gasteiger partial charge in [-0.3, -0.25) is 9.69 Å². The van der Waals surface area contributed by atoms with Gasteiger partial charge in [-0.25, -0.2) is 0 Å². The van der Waals surface area contributed by atoms with Gasteiger partial charge in [0.15, 0.2) is 0 Å². The van der Waals surface area contributed by atoms with Gasteiger partial charge in [0.05, 0.1) is 13.2 Å². The van der Waals surface area contributed by atoms with Gasteiger partial charge in [0.25, 0.3) is 0 Å². The smallest absolute Gasteiger partial charge is 0.224 e. The maximum absolute atomic E-state index is 12.3. The molecule has 1 amide bonds. The molecule has 3 aliphatic rings. The van der Waals surface area contributed by atoms with Gasteiger partial charge in [0.2, 0.25) is 5.91 Å². The maximum atomic E-state index is 12.3. The van der Waals surface area contributed by atoms with E-state index in [0.29, 0.717) is 24.3 Å². The highest BCUT2D eigenvalue weighted by Gasteiger charge is 2.29. The average molecular weight is 281 g/mol. The molecule has 2 unspecified atom stereocenters. The van der Waals surface area contributed by atoms with Gasteiger partial charge >= 0.3 is 0 Å². The molecule has 0 aliphatic carbocycles. The van der Waals surface area contributed by atoms with Gasteiger partial charge in [-0.05, 0) is 31.7 Å². The highest BCUT2D eigenvalue weighted by atomic mass is 16.5. The SMILES string of the molecule is O=C(CC1CCCN1)N1CCC(CN2CCOCC2)C1. The molecule has 0 radical (unpaired) electrons.